The van der Waals surface area contributed by atoms with E-state index >= 15 is 0 Å². The van der Waals surface area contributed by atoms with Gasteiger partial charge in [0.1, 0.15) is 0 Å². The molecule has 0 aliphatic heterocycles. The van der Waals surface area contributed by atoms with Crippen LogP contribution in [-0.2, 0) is 16.6 Å². The van der Waals surface area contributed by atoms with Crippen molar-refractivity contribution in [2.75, 3.05) is 7.05 Å². The Balaban J connectivity index is 3.23. The fourth-order valence-electron chi connectivity index (χ4n) is 1.75. The van der Waals surface area contributed by atoms with Gasteiger partial charge >= 0.3 is 0 Å². The summed E-state index contributed by atoms with van der Waals surface area (Å²) in [5.74, 6) is 0. The smallest absolute Gasteiger partial charge is 0.243 e. The second-order valence-electron chi connectivity index (χ2n) is 5.97. The molecule has 0 aliphatic rings. The molecule has 1 atom stereocenters. The van der Waals surface area contributed by atoms with Crippen molar-refractivity contribution >= 4 is 21.6 Å². The third-order valence-electron chi connectivity index (χ3n) is 3.66. The first-order valence-corrected chi connectivity index (χ1v) is 8.21. The van der Waals surface area contributed by atoms with Gasteiger partial charge in [-0.2, -0.15) is 4.31 Å². The average Bonchev–Trinajstić information content (AvgIpc) is 2.36. The van der Waals surface area contributed by atoms with E-state index < -0.39 is 10.0 Å². The molecule has 0 saturated heterocycles. The Hall–Kier alpha value is -0.620. The monoisotopic (exact) mass is 319 g/mol. The minimum atomic E-state index is -3.61. The van der Waals surface area contributed by atoms with E-state index in [0.29, 0.717) is 10.6 Å². The average molecular weight is 320 g/mol. The first-order valence-electron chi connectivity index (χ1n) is 6.39. The van der Waals surface area contributed by atoms with E-state index in [0.717, 1.165) is 0 Å². The van der Waals surface area contributed by atoms with Crippen LogP contribution in [-0.4, -0.2) is 30.9 Å². The van der Waals surface area contributed by atoms with Gasteiger partial charge in [0.05, 0.1) is 11.5 Å². The number of halogens is 1. The van der Waals surface area contributed by atoms with E-state index in [4.69, 9.17) is 11.6 Å². The molecule has 1 aromatic rings. The Morgan fingerprint density at radius 2 is 1.90 bits per heavy atom. The zero-order chi connectivity index (χ0) is 15.7. The summed E-state index contributed by atoms with van der Waals surface area (Å²) < 4.78 is 26.6. The van der Waals surface area contributed by atoms with Crippen molar-refractivity contribution in [2.24, 2.45) is 5.41 Å². The van der Waals surface area contributed by atoms with Crippen molar-refractivity contribution in [2.45, 2.75) is 45.2 Å². The number of nitrogens with zero attached hydrogens (tertiary/aromatic N) is 1. The van der Waals surface area contributed by atoms with Gasteiger partial charge < -0.3 is 5.11 Å². The second kappa shape index (κ2) is 6.02. The predicted molar refractivity (Wildman–Crippen MR) is 81.2 cm³/mol. The first kappa shape index (κ1) is 17.4. The molecule has 0 fully saturated rings. The van der Waals surface area contributed by atoms with Crippen molar-refractivity contribution < 1.29 is 13.5 Å². The summed E-state index contributed by atoms with van der Waals surface area (Å²) in [6.07, 6.45) is 0. The molecule has 4 nitrogen and oxygen atoms in total. The minimum Gasteiger partial charge on any atom is -0.392 e. The topological polar surface area (TPSA) is 57.6 Å². The molecule has 114 valence electrons. The van der Waals surface area contributed by atoms with Gasteiger partial charge in [-0.3, -0.25) is 0 Å². The molecule has 20 heavy (non-hydrogen) atoms. The van der Waals surface area contributed by atoms with Crippen LogP contribution in [0.1, 0.15) is 33.3 Å². The van der Waals surface area contributed by atoms with E-state index in [9.17, 15) is 13.5 Å². The van der Waals surface area contributed by atoms with Crippen molar-refractivity contribution in [3.63, 3.8) is 0 Å². The number of hydrogen-bond donors (Lipinski definition) is 1. The van der Waals surface area contributed by atoms with Gasteiger partial charge in [0.15, 0.2) is 0 Å². The van der Waals surface area contributed by atoms with E-state index in [1.807, 2.05) is 27.7 Å². The molecule has 0 radical (unpaired) electrons. The summed E-state index contributed by atoms with van der Waals surface area (Å²) in [4.78, 5) is 0.143. The van der Waals surface area contributed by atoms with Crippen molar-refractivity contribution in [1.82, 2.24) is 4.31 Å². The fourth-order valence-corrected chi connectivity index (χ4v) is 3.53. The van der Waals surface area contributed by atoms with Crippen molar-refractivity contribution in [3.05, 3.63) is 28.8 Å². The Morgan fingerprint density at radius 1 is 1.35 bits per heavy atom. The lowest BCUT2D eigenvalue weighted by Crippen LogP contribution is -2.42. The minimum absolute atomic E-state index is 0.143. The van der Waals surface area contributed by atoms with Crippen LogP contribution in [0.4, 0.5) is 0 Å². The van der Waals surface area contributed by atoms with Crippen LogP contribution in [0.2, 0.25) is 5.02 Å². The van der Waals surface area contributed by atoms with Crippen LogP contribution >= 0.6 is 11.6 Å². The number of aliphatic hydroxyl groups excluding tert-OH is 1. The molecular formula is C14H22ClNO3S. The highest BCUT2D eigenvalue weighted by atomic mass is 35.5. The maximum atomic E-state index is 12.6. The molecular weight excluding hydrogens is 298 g/mol. The van der Waals surface area contributed by atoms with Crippen LogP contribution in [0.25, 0.3) is 0 Å². The Kier molecular flexibility index (Phi) is 5.24. The number of aliphatic hydroxyl groups is 1. The molecule has 0 saturated carbocycles. The summed E-state index contributed by atoms with van der Waals surface area (Å²) in [5.41, 5.74) is 0.234. The maximum absolute atomic E-state index is 12.6. The number of rotatable bonds is 4. The maximum Gasteiger partial charge on any atom is 0.243 e. The molecule has 0 spiro atoms. The van der Waals surface area contributed by atoms with Crippen LogP contribution in [0, 0.1) is 5.41 Å². The lowest BCUT2D eigenvalue weighted by Gasteiger charge is -2.34. The van der Waals surface area contributed by atoms with Gasteiger partial charge in [-0.05, 0) is 36.1 Å². The fraction of sp³-hybridized carbons (Fsp3) is 0.571. The zero-order valence-corrected chi connectivity index (χ0v) is 14.1. The molecule has 1 aromatic carbocycles. The third kappa shape index (κ3) is 3.52. The second-order valence-corrected chi connectivity index (χ2v) is 8.38. The zero-order valence-electron chi connectivity index (χ0n) is 12.5. The Bertz CT molecular complexity index is 579. The first-order chi connectivity index (χ1) is 9.01. The van der Waals surface area contributed by atoms with Crippen LogP contribution in [0.3, 0.4) is 0 Å². The summed E-state index contributed by atoms with van der Waals surface area (Å²) >= 11 is 5.89. The van der Waals surface area contributed by atoms with E-state index in [1.165, 1.54) is 22.5 Å². The van der Waals surface area contributed by atoms with E-state index in [2.05, 4.69) is 0 Å². The molecule has 0 bridgehead atoms. The predicted octanol–water partition coefficient (Wildman–Crippen LogP) is 2.89. The third-order valence-corrected chi connectivity index (χ3v) is 5.96. The van der Waals surface area contributed by atoms with Gasteiger partial charge in [0.2, 0.25) is 10.0 Å². The summed E-state index contributed by atoms with van der Waals surface area (Å²) in [5, 5.41) is 9.55. The summed E-state index contributed by atoms with van der Waals surface area (Å²) in [6, 6.07) is 4.21. The molecule has 1 N–H and O–H groups in total. The molecule has 0 aliphatic carbocycles. The van der Waals surface area contributed by atoms with Gasteiger partial charge in [-0.1, -0.05) is 32.4 Å². The Labute approximate surface area is 126 Å². The largest absolute Gasteiger partial charge is 0.392 e. The highest BCUT2D eigenvalue weighted by Crippen LogP contribution is 2.29. The standard InChI is InChI=1S/C14H22ClNO3S/c1-10(14(2,3)4)16(5)20(18,19)12-6-7-13(15)11(8-12)9-17/h6-8,10,17H,9H2,1-5H3. The summed E-state index contributed by atoms with van der Waals surface area (Å²) in [7, 11) is -2.04. The van der Waals surface area contributed by atoms with Gasteiger partial charge in [-0.15, -0.1) is 0 Å². The Morgan fingerprint density at radius 3 is 2.35 bits per heavy atom. The quantitative estimate of drug-likeness (QED) is 0.928. The van der Waals surface area contributed by atoms with E-state index in [1.54, 1.807) is 7.05 Å². The number of hydrogen-bond acceptors (Lipinski definition) is 3. The lowest BCUT2D eigenvalue weighted by molar-refractivity contribution is 0.216. The lowest BCUT2D eigenvalue weighted by atomic mass is 9.88. The molecule has 0 amide bonds. The molecule has 1 rings (SSSR count). The van der Waals surface area contributed by atoms with Crippen LogP contribution < -0.4 is 0 Å². The van der Waals surface area contributed by atoms with Crippen molar-refractivity contribution in [3.8, 4) is 0 Å². The van der Waals surface area contributed by atoms with Gasteiger partial charge in [0, 0.05) is 18.1 Å². The van der Waals surface area contributed by atoms with Gasteiger partial charge in [0.25, 0.3) is 0 Å². The van der Waals surface area contributed by atoms with Gasteiger partial charge in [-0.25, -0.2) is 8.42 Å². The molecule has 1 unspecified atom stereocenters. The number of benzene rings is 1. The van der Waals surface area contributed by atoms with E-state index in [-0.39, 0.29) is 23.0 Å². The molecule has 6 heteroatoms. The summed E-state index contributed by atoms with van der Waals surface area (Å²) in [6.45, 7) is 7.56. The highest BCUT2D eigenvalue weighted by molar-refractivity contribution is 7.89. The van der Waals surface area contributed by atoms with Crippen LogP contribution in [0.15, 0.2) is 23.1 Å². The van der Waals surface area contributed by atoms with Crippen molar-refractivity contribution in [1.29, 1.82) is 0 Å². The normalized spacial score (nSPS) is 14.6. The molecule has 0 heterocycles. The SMILES string of the molecule is CC(N(C)S(=O)(=O)c1ccc(Cl)c(CO)c1)C(C)(C)C. The highest BCUT2D eigenvalue weighted by Gasteiger charge is 2.32. The molecule has 0 aromatic heterocycles. The number of sulfonamides is 1. The van der Waals surface area contributed by atoms with Crippen LogP contribution in [0.5, 0.6) is 0 Å².